The third kappa shape index (κ3) is 5.34. The average molecular weight is 395 g/mol. The van der Waals surface area contributed by atoms with Crippen LogP contribution in [0.5, 0.6) is 11.5 Å². The number of carbonyl (C=O) groups is 1. The first kappa shape index (κ1) is 19.5. The van der Waals surface area contributed by atoms with Gasteiger partial charge in [-0.05, 0) is 41.5 Å². The third-order valence-corrected chi connectivity index (χ3v) is 4.13. The first-order chi connectivity index (χ1) is 13.7. The van der Waals surface area contributed by atoms with E-state index >= 15 is 0 Å². The van der Waals surface area contributed by atoms with Crippen LogP contribution in [0.1, 0.15) is 21.5 Å². The lowest BCUT2D eigenvalue weighted by atomic mass is 10.2. The Morgan fingerprint density at radius 1 is 1.07 bits per heavy atom. The number of nitrogens with one attached hydrogen (secondary N) is 1. The highest BCUT2D eigenvalue weighted by Gasteiger charge is 2.12. The molecular formula is C22H19ClN2O3. The minimum Gasteiger partial charge on any atom is -0.496 e. The minimum absolute atomic E-state index is 0.312. The van der Waals surface area contributed by atoms with Crippen molar-refractivity contribution in [3.8, 4) is 11.5 Å². The molecule has 0 aliphatic heterocycles. The molecule has 6 heteroatoms. The van der Waals surface area contributed by atoms with E-state index in [0.29, 0.717) is 22.9 Å². The Bertz CT molecular complexity index is 975. The number of methoxy groups -OCH3 is 1. The number of benzene rings is 3. The maximum Gasteiger partial charge on any atom is 0.275 e. The molecule has 3 aromatic rings. The summed E-state index contributed by atoms with van der Waals surface area (Å²) in [6.45, 7) is 0.479. The highest BCUT2D eigenvalue weighted by molar-refractivity contribution is 6.31. The van der Waals surface area contributed by atoms with E-state index in [2.05, 4.69) is 10.5 Å². The number of halogens is 1. The van der Waals surface area contributed by atoms with Gasteiger partial charge in [-0.2, -0.15) is 5.10 Å². The van der Waals surface area contributed by atoms with Crippen LogP contribution in [-0.4, -0.2) is 19.2 Å². The lowest BCUT2D eigenvalue weighted by molar-refractivity contribution is 0.0952. The highest BCUT2D eigenvalue weighted by atomic mass is 35.5. The van der Waals surface area contributed by atoms with Gasteiger partial charge < -0.3 is 9.47 Å². The van der Waals surface area contributed by atoms with Crippen molar-refractivity contribution in [1.82, 2.24) is 5.43 Å². The van der Waals surface area contributed by atoms with Gasteiger partial charge in [-0.25, -0.2) is 5.43 Å². The van der Waals surface area contributed by atoms with Crippen LogP contribution in [0.15, 0.2) is 77.9 Å². The van der Waals surface area contributed by atoms with Crippen molar-refractivity contribution in [2.24, 2.45) is 5.10 Å². The van der Waals surface area contributed by atoms with Gasteiger partial charge >= 0.3 is 0 Å². The van der Waals surface area contributed by atoms with Gasteiger partial charge in [0.15, 0.2) is 0 Å². The molecule has 0 atom stereocenters. The molecule has 0 aliphatic rings. The van der Waals surface area contributed by atoms with Crippen molar-refractivity contribution in [3.05, 3.63) is 94.5 Å². The Balaban J connectivity index is 1.61. The molecule has 5 nitrogen and oxygen atoms in total. The molecule has 0 unspecified atom stereocenters. The second-order valence-electron chi connectivity index (χ2n) is 5.89. The Morgan fingerprint density at radius 2 is 1.89 bits per heavy atom. The number of nitrogens with zero attached hydrogens (tertiary/aromatic N) is 1. The molecule has 0 heterocycles. The maximum atomic E-state index is 12.3. The van der Waals surface area contributed by atoms with E-state index in [4.69, 9.17) is 21.1 Å². The van der Waals surface area contributed by atoms with Crippen molar-refractivity contribution in [1.29, 1.82) is 0 Å². The van der Waals surface area contributed by atoms with E-state index in [9.17, 15) is 4.79 Å². The fourth-order valence-corrected chi connectivity index (χ4v) is 2.68. The fourth-order valence-electron chi connectivity index (χ4n) is 2.51. The van der Waals surface area contributed by atoms with Crippen LogP contribution in [0.3, 0.4) is 0 Å². The smallest absolute Gasteiger partial charge is 0.275 e. The predicted molar refractivity (Wildman–Crippen MR) is 110 cm³/mol. The first-order valence-electron chi connectivity index (χ1n) is 8.59. The normalized spacial score (nSPS) is 10.6. The van der Waals surface area contributed by atoms with Crippen LogP contribution >= 0.6 is 11.6 Å². The van der Waals surface area contributed by atoms with Crippen molar-refractivity contribution in [3.63, 3.8) is 0 Å². The zero-order valence-corrected chi connectivity index (χ0v) is 16.0. The number of amides is 1. The van der Waals surface area contributed by atoms with E-state index in [-0.39, 0.29) is 0 Å². The maximum absolute atomic E-state index is 12.3. The Kier molecular flexibility index (Phi) is 6.65. The zero-order valence-electron chi connectivity index (χ0n) is 15.3. The molecule has 0 saturated carbocycles. The summed E-state index contributed by atoms with van der Waals surface area (Å²) in [6, 6.07) is 22.2. The SMILES string of the molecule is COc1ccc(Cl)cc1C(=O)N/N=C/c1cccc(OCc2ccccc2)c1. The third-order valence-electron chi connectivity index (χ3n) is 3.89. The largest absolute Gasteiger partial charge is 0.496 e. The standard InChI is InChI=1S/C22H19ClN2O3/c1-27-21-11-10-18(23)13-20(21)22(26)25-24-14-17-8-5-9-19(12-17)28-15-16-6-3-2-4-7-16/h2-14H,15H2,1H3,(H,25,26)/b24-14+. The van der Waals surface area contributed by atoms with Gasteiger partial charge in [0.2, 0.25) is 0 Å². The fraction of sp³-hybridized carbons (Fsp3) is 0.0909. The minimum atomic E-state index is -0.410. The summed E-state index contributed by atoms with van der Waals surface area (Å²) in [4.78, 5) is 12.3. The van der Waals surface area contributed by atoms with Crippen LogP contribution in [0.25, 0.3) is 0 Å². The summed E-state index contributed by atoms with van der Waals surface area (Å²) >= 11 is 5.95. The van der Waals surface area contributed by atoms with E-state index in [1.54, 1.807) is 18.3 Å². The molecule has 0 spiro atoms. The highest BCUT2D eigenvalue weighted by Crippen LogP contribution is 2.22. The average Bonchev–Trinajstić information content (AvgIpc) is 2.73. The van der Waals surface area contributed by atoms with E-state index in [1.165, 1.54) is 13.2 Å². The molecule has 0 fully saturated rings. The molecule has 0 saturated heterocycles. The lowest BCUT2D eigenvalue weighted by Gasteiger charge is -2.08. The molecule has 1 amide bonds. The van der Waals surface area contributed by atoms with Gasteiger partial charge in [0.1, 0.15) is 18.1 Å². The van der Waals surface area contributed by atoms with E-state index < -0.39 is 5.91 Å². The van der Waals surface area contributed by atoms with Crippen LogP contribution < -0.4 is 14.9 Å². The molecule has 3 aromatic carbocycles. The number of hydrogen-bond donors (Lipinski definition) is 1. The Hall–Kier alpha value is -3.31. The molecule has 3 rings (SSSR count). The summed E-state index contributed by atoms with van der Waals surface area (Å²) in [5, 5.41) is 4.45. The summed E-state index contributed by atoms with van der Waals surface area (Å²) in [6.07, 6.45) is 1.55. The predicted octanol–water partition coefficient (Wildman–Crippen LogP) is 4.69. The molecule has 142 valence electrons. The molecule has 28 heavy (non-hydrogen) atoms. The molecule has 0 radical (unpaired) electrons. The summed E-state index contributed by atoms with van der Waals surface area (Å²) < 4.78 is 11.0. The van der Waals surface area contributed by atoms with Crippen molar-refractivity contribution < 1.29 is 14.3 Å². The van der Waals surface area contributed by atoms with Gasteiger partial charge in [-0.3, -0.25) is 4.79 Å². The Labute approximate surface area is 168 Å². The van der Waals surface area contributed by atoms with Crippen molar-refractivity contribution in [2.75, 3.05) is 7.11 Å². The van der Waals surface area contributed by atoms with Crippen LogP contribution in [-0.2, 0) is 6.61 Å². The Morgan fingerprint density at radius 3 is 2.68 bits per heavy atom. The van der Waals surface area contributed by atoms with Gasteiger partial charge in [0.05, 0.1) is 18.9 Å². The molecule has 0 aliphatic carbocycles. The zero-order chi connectivity index (χ0) is 19.8. The summed E-state index contributed by atoms with van der Waals surface area (Å²) in [5.41, 5.74) is 4.67. The number of ether oxygens (including phenoxy) is 2. The lowest BCUT2D eigenvalue weighted by Crippen LogP contribution is -2.18. The number of hydrazone groups is 1. The first-order valence-corrected chi connectivity index (χ1v) is 8.97. The quantitative estimate of drug-likeness (QED) is 0.467. The van der Waals surface area contributed by atoms with Crippen molar-refractivity contribution in [2.45, 2.75) is 6.61 Å². The molecular weight excluding hydrogens is 376 g/mol. The van der Waals surface area contributed by atoms with E-state index in [1.807, 2.05) is 54.6 Å². The number of carbonyl (C=O) groups excluding carboxylic acids is 1. The summed E-state index contributed by atoms with van der Waals surface area (Å²) in [7, 11) is 1.49. The van der Waals surface area contributed by atoms with Gasteiger partial charge in [-0.15, -0.1) is 0 Å². The van der Waals surface area contributed by atoms with Crippen LogP contribution in [0.2, 0.25) is 5.02 Å². The molecule has 0 bridgehead atoms. The summed E-state index contributed by atoms with van der Waals surface area (Å²) in [5.74, 6) is 0.733. The molecule has 1 N–H and O–H groups in total. The van der Waals surface area contributed by atoms with Crippen LogP contribution in [0, 0.1) is 0 Å². The monoisotopic (exact) mass is 394 g/mol. The topological polar surface area (TPSA) is 59.9 Å². The van der Waals surface area contributed by atoms with Crippen molar-refractivity contribution >= 4 is 23.7 Å². The van der Waals surface area contributed by atoms with E-state index in [0.717, 1.165) is 16.9 Å². The number of hydrogen-bond acceptors (Lipinski definition) is 4. The molecule has 0 aromatic heterocycles. The van der Waals surface area contributed by atoms with Gasteiger partial charge in [0, 0.05) is 5.02 Å². The second kappa shape index (κ2) is 9.58. The van der Waals surface area contributed by atoms with Gasteiger partial charge in [0.25, 0.3) is 5.91 Å². The van der Waals surface area contributed by atoms with Crippen LogP contribution in [0.4, 0.5) is 0 Å². The second-order valence-corrected chi connectivity index (χ2v) is 6.33. The van der Waals surface area contributed by atoms with Gasteiger partial charge in [-0.1, -0.05) is 54.1 Å². The number of rotatable bonds is 7.